The number of nitrogens with zero attached hydrogens (tertiary/aromatic N) is 1. The van der Waals surface area contributed by atoms with Crippen molar-refractivity contribution >= 4 is 5.69 Å². The van der Waals surface area contributed by atoms with E-state index >= 15 is 0 Å². The fourth-order valence-corrected chi connectivity index (χ4v) is 1.02. The van der Waals surface area contributed by atoms with Gasteiger partial charge in [-0.3, -0.25) is 10.1 Å². The zero-order valence-corrected chi connectivity index (χ0v) is 8.06. The molecule has 0 aliphatic carbocycles. The molecule has 1 N–H and O–H groups in total. The van der Waals surface area contributed by atoms with Crippen LogP contribution >= 0.6 is 0 Å². The lowest BCUT2D eigenvalue weighted by molar-refractivity contribution is -0.384. The van der Waals surface area contributed by atoms with E-state index in [1.54, 1.807) is 6.07 Å². The lowest BCUT2D eigenvalue weighted by Gasteiger charge is -2.00. The summed E-state index contributed by atoms with van der Waals surface area (Å²) in [5.74, 6) is 5.36. The van der Waals surface area contributed by atoms with E-state index in [2.05, 4.69) is 11.8 Å². The molecular weight excluding hydrogens is 198 g/mol. The Bertz CT molecular complexity index is 431. The first-order valence-corrected chi connectivity index (χ1v) is 4.10. The van der Waals surface area contributed by atoms with Crippen LogP contribution in [0.3, 0.4) is 0 Å². The highest BCUT2D eigenvalue weighted by atomic mass is 16.6. The molecule has 0 saturated heterocycles. The molecule has 0 saturated carbocycles. The fourth-order valence-electron chi connectivity index (χ4n) is 1.02. The van der Waals surface area contributed by atoms with Gasteiger partial charge in [0.05, 0.1) is 18.1 Å². The Kier molecular flexibility index (Phi) is 3.66. The molecule has 0 heterocycles. The van der Waals surface area contributed by atoms with Gasteiger partial charge in [-0.25, -0.2) is 0 Å². The van der Waals surface area contributed by atoms with Gasteiger partial charge in [0.15, 0.2) is 0 Å². The summed E-state index contributed by atoms with van der Waals surface area (Å²) < 4.78 is 4.89. The number of methoxy groups -OCH3 is 1. The molecule has 0 spiro atoms. The molecule has 0 fully saturated rings. The van der Waals surface area contributed by atoms with Crippen LogP contribution in [0.2, 0.25) is 0 Å². The number of rotatable bonds is 2. The van der Waals surface area contributed by atoms with Crippen LogP contribution in [0.5, 0.6) is 5.75 Å². The van der Waals surface area contributed by atoms with Crippen LogP contribution in [0.1, 0.15) is 5.56 Å². The number of nitro groups is 1. The predicted molar refractivity (Wildman–Crippen MR) is 53.6 cm³/mol. The summed E-state index contributed by atoms with van der Waals surface area (Å²) in [6.07, 6.45) is 0. The van der Waals surface area contributed by atoms with E-state index in [9.17, 15) is 10.1 Å². The second-order valence-corrected chi connectivity index (χ2v) is 2.64. The van der Waals surface area contributed by atoms with Gasteiger partial charge in [0, 0.05) is 11.6 Å². The Balaban J connectivity index is 3.17. The van der Waals surface area contributed by atoms with E-state index < -0.39 is 4.92 Å². The van der Waals surface area contributed by atoms with Crippen molar-refractivity contribution in [3.63, 3.8) is 0 Å². The maximum atomic E-state index is 10.5. The largest absolute Gasteiger partial charge is 0.496 e. The molecule has 78 valence electrons. The third-order valence-electron chi connectivity index (χ3n) is 1.65. The van der Waals surface area contributed by atoms with Gasteiger partial charge in [0.2, 0.25) is 0 Å². The van der Waals surface area contributed by atoms with Crippen molar-refractivity contribution in [2.45, 2.75) is 0 Å². The summed E-state index contributed by atoms with van der Waals surface area (Å²) >= 11 is 0. The van der Waals surface area contributed by atoms with Crippen LogP contribution in [0.25, 0.3) is 0 Å². The SMILES string of the molecule is COc1cc(C#CCO)cc([N+](=O)[O-])c1. The van der Waals surface area contributed by atoms with Crippen molar-refractivity contribution in [2.24, 2.45) is 0 Å². The van der Waals surface area contributed by atoms with Gasteiger partial charge in [-0.1, -0.05) is 11.8 Å². The van der Waals surface area contributed by atoms with Crippen molar-refractivity contribution in [3.8, 4) is 17.6 Å². The molecule has 0 atom stereocenters. The Morgan fingerprint density at radius 1 is 1.53 bits per heavy atom. The molecular formula is C10H9NO4. The standard InChI is InChI=1S/C10H9NO4/c1-15-10-6-8(3-2-4-12)5-9(7-10)11(13)14/h5-7,12H,4H2,1H3. The average molecular weight is 207 g/mol. The fraction of sp³-hybridized carbons (Fsp3) is 0.200. The molecule has 0 aliphatic rings. The zero-order valence-electron chi connectivity index (χ0n) is 8.06. The van der Waals surface area contributed by atoms with E-state index in [1.165, 1.54) is 19.2 Å². The third kappa shape index (κ3) is 2.97. The monoisotopic (exact) mass is 207 g/mol. The molecule has 1 rings (SSSR count). The Hall–Kier alpha value is -2.06. The number of hydrogen-bond acceptors (Lipinski definition) is 4. The Morgan fingerprint density at radius 2 is 2.27 bits per heavy atom. The van der Waals surface area contributed by atoms with Crippen LogP contribution in [-0.2, 0) is 0 Å². The molecule has 0 aliphatic heterocycles. The summed E-state index contributed by atoms with van der Waals surface area (Å²) in [6.45, 7) is -0.287. The number of benzene rings is 1. The first kappa shape index (κ1) is 11.0. The average Bonchev–Trinajstić information content (AvgIpc) is 2.25. The molecule has 1 aromatic rings. The molecule has 0 unspecified atom stereocenters. The van der Waals surface area contributed by atoms with Gasteiger partial charge in [-0.05, 0) is 6.07 Å². The van der Waals surface area contributed by atoms with Crippen LogP contribution < -0.4 is 4.74 Å². The second-order valence-electron chi connectivity index (χ2n) is 2.64. The van der Waals surface area contributed by atoms with Crippen molar-refractivity contribution in [2.75, 3.05) is 13.7 Å². The second kappa shape index (κ2) is 4.98. The first-order valence-electron chi connectivity index (χ1n) is 4.10. The van der Waals surface area contributed by atoms with Gasteiger partial charge >= 0.3 is 0 Å². The lowest BCUT2D eigenvalue weighted by atomic mass is 10.2. The lowest BCUT2D eigenvalue weighted by Crippen LogP contribution is -1.91. The van der Waals surface area contributed by atoms with E-state index in [4.69, 9.17) is 9.84 Å². The Morgan fingerprint density at radius 3 is 2.80 bits per heavy atom. The minimum atomic E-state index is -0.521. The normalized spacial score (nSPS) is 8.93. The molecule has 0 radical (unpaired) electrons. The summed E-state index contributed by atoms with van der Waals surface area (Å²) in [5.41, 5.74) is 0.353. The van der Waals surface area contributed by atoms with E-state index in [-0.39, 0.29) is 12.3 Å². The van der Waals surface area contributed by atoms with Gasteiger partial charge in [0.25, 0.3) is 5.69 Å². The number of hydrogen-bond donors (Lipinski definition) is 1. The van der Waals surface area contributed by atoms with Crippen LogP contribution in [-0.4, -0.2) is 23.7 Å². The highest BCUT2D eigenvalue weighted by molar-refractivity contribution is 5.49. The van der Waals surface area contributed by atoms with Gasteiger partial charge < -0.3 is 9.84 Å². The van der Waals surface area contributed by atoms with Crippen molar-refractivity contribution in [3.05, 3.63) is 33.9 Å². The topological polar surface area (TPSA) is 72.6 Å². The number of aliphatic hydroxyl groups is 1. The van der Waals surface area contributed by atoms with E-state index in [1.807, 2.05) is 0 Å². The first-order chi connectivity index (χ1) is 7.17. The molecule has 1 aromatic carbocycles. The van der Waals surface area contributed by atoms with Crippen LogP contribution in [0.4, 0.5) is 5.69 Å². The molecule has 5 nitrogen and oxygen atoms in total. The maximum Gasteiger partial charge on any atom is 0.274 e. The third-order valence-corrected chi connectivity index (χ3v) is 1.65. The summed E-state index contributed by atoms with van der Waals surface area (Å²) in [4.78, 5) is 10.0. The molecule has 0 amide bonds. The zero-order chi connectivity index (χ0) is 11.3. The smallest absolute Gasteiger partial charge is 0.274 e. The van der Waals surface area contributed by atoms with Crippen LogP contribution in [0, 0.1) is 22.0 Å². The summed E-state index contributed by atoms with van der Waals surface area (Å²) in [6, 6.07) is 4.20. The molecule has 0 aromatic heterocycles. The minimum Gasteiger partial charge on any atom is -0.496 e. The van der Waals surface area contributed by atoms with Crippen molar-refractivity contribution in [1.29, 1.82) is 0 Å². The highest BCUT2D eigenvalue weighted by Gasteiger charge is 2.08. The number of ether oxygens (including phenoxy) is 1. The predicted octanol–water partition coefficient (Wildman–Crippen LogP) is 0.947. The summed E-state index contributed by atoms with van der Waals surface area (Å²) in [7, 11) is 1.42. The van der Waals surface area contributed by atoms with E-state index in [0.717, 1.165) is 0 Å². The number of non-ortho nitro benzene ring substituents is 1. The van der Waals surface area contributed by atoms with Crippen molar-refractivity contribution < 1.29 is 14.8 Å². The highest BCUT2D eigenvalue weighted by Crippen LogP contribution is 2.21. The minimum absolute atomic E-state index is 0.0865. The maximum absolute atomic E-state index is 10.5. The number of aliphatic hydroxyl groups excluding tert-OH is 1. The summed E-state index contributed by atoms with van der Waals surface area (Å²) in [5, 5.41) is 19.0. The quantitative estimate of drug-likeness (QED) is 0.445. The van der Waals surface area contributed by atoms with Crippen LogP contribution in [0.15, 0.2) is 18.2 Å². The molecule has 15 heavy (non-hydrogen) atoms. The van der Waals surface area contributed by atoms with E-state index in [0.29, 0.717) is 11.3 Å². The van der Waals surface area contributed by atoms with Gasteiger partial charge in [-0.2, -0.15) is 0 Å². The Labute approximate surface area is 86.5 Å². The van der Waals surface area contributed by atoms with Crippen molar-refractivity contribution in [1.82, 2.24) is 0 Å². The molecule has 0 bridgehead atoms. The molecule has 5 heteroatoms. The number of nitro benzene ring substituents is 1. The van der Waals surface area contributed by atoms with Gasteiger partial charge in [-0.15, -0.1) is 0 Å². The van der Waals surface area contributed by atoms with Gasteiger partial charge in [0.1, 0.15) is 12.4 Å².